The molecule has 0 unspecified atom stereocenters. The van der Waals surface area contributed by atoms with Crippen LogP contribution in [0.25, 0.3) is 11.3 Å². The van der Waals surface area contributed by atoms with Gasteiger partial charge in [-0.15, -0.1) is 11.3 Å². The summed E-state index contributed by atoms with van der Waals surface area (Å²) >= 11 is 1.56. The second kappa shape index (κ2) is 16.8. The van der Waals surface area contributed by atoms with Crippen molar-refractivity contribution in [3.63, 3.8) is 0 Å². The molecule has 1 aromatic heterocycles. The molecule has 3 aromatic carbocycles. The fourth-order valence-corrected chi connectivity index (χ4v) is 6.07. The van der Waals surface area contributed by atoms with Gasteiger partial charge in [-0.1, -0.05) is 93.4 Å². The molecule has 0 saturated heterocycles. The van der Waals surface area contributed by atoms with Crippen LogP contribution in [-0.4, -0.2) is 29.4 Å². The summed E-state index contributed by atoms with van der Waals surface area (Å²) in [5.41, 5.74) is 6.95. The molecule has 0 aliphatic carbocycles. The molecule has 0 aliphatic heterocycles. The molecule has 0 amide bonds. The quantitative estimate of drug-likeness (QED) is 0.201. The molecule has 0 N–H and O–H groups in total. The first-order chi connectivity index (χ1) is 19.4. The van der Waals surface area contributed by atoms with E-state index in [0.29, 0.717) is 19.0 Å². The summed E-state index contributed by atoms with van der Waals surface area (Å²) in [4.78, 5) is 20.3. The zero-order chi connectivity index (χ0) is 28.3. The number of benzene rings is 3. The van der Waals surface area contributed by atoms with Gasteiger partial charge < -0.3 is 14.8 Å². The average molecular weight is 578 g/mol. The minimum absolute atomic E-state index is 0. The van der Waals surface area contributed by atoms with E-state index < -0.39 is 5.97 Å². The maximum Gasteiger partial charge on any atom is 1.00 e. The van der Waals surface area contributed by atoms with Crippen molar-refractivity contribution in [2.24, 2.45) is 0 Å². The summed E-state index contributed by atoms with van der Waals surface area (Å²) in [7, 11) is 2.12. The molecular formula is C34H40N3NaO2S. The number of aromatic nitrogens is 1. The third kappa shape index (κ3) is 10.1. The second-order valence-electron chi connectivity index (χ2n) is 10.5. The predicted octanol–water partition coefficient (Wildman–Crippen LogP) is 3.89. The summed E-state index contributed by atoms with van der Waals surface area (Å²) in [5, 5.41) is 14.3. The molecule has 5 nitrogen and oxygen atoms in total. The Morgan fingerprint density at radius 2 is 1.49 bits per heavy atom. The van der Waals surface area contributed by atoms with Crippen LogP contribution < -0.4 is 39.6 Å². The van der Waals surface area contributed by atoms with Crippen LogP contribution in [0.2, 0.25) is 0 Å². The van der Waals surface area contributed by atoms with Gasteiger partial charge >= 0.3 is 29.6 Å². The van der Waals surface area contributed by atoms with Crippen molar-refractivity contribution in [1.82, 2.24) is 9.88 Å². The van der Waals surface area contributed by atoms with E-state index in [4.69, 9.17) is 4.98 Å². The first-order valence-corrected chi connectivity index (χ1v) is 15.1. The summed E-state index contributed by atoms with van der Waals surface area (Å²) < 4.78 is 0. The van der Waals surface area contributed by atoms with Gasteiger partial charge in [-0.3, -0.25) is 4.90 Å². The van der Waals surface area contributed by atoms with E-state index in [2.05, 4.69) is 74.3 Å². The molecular weight excluding hydrogens is 537 g/mol. The predicted molar refractivity (Wildman–Crippen MR) is 164 cm³/mol. The summed E-state index contributed by atoms with van der Waals surface area (Å²) in [6.07, 6.45) is 4.96. The van der Waals surface area contributed by atoms with E-state index >= 15 is 0 Å². The van der Waals surface area contributed by atoms with E-state index in [1.807, 2.05) is 40.6 Å². The Morgan fingerprint density at radius 3 is 2.10 bits per heavy atom. The topological polar surface area (TPSA) is 59.5 Å². The minimum atomic E-state index is -1.08. The maximum absolute atomic E-state index is 11.3. The number of carbonyl (C=O) groups excluding carboxylic acids is 1. The monoisotopic (exact) mass is 577 g/mol. The van der Waals surface area contributed by atoms with Crippen molar-refractivity contribution >= 4 is 23.0 Å². The van der Waals surface area contributed by atoms with E-state index in [1.165, 1.54) is 36.8 Å². The number of nitrogens with zero attached hydrogens (tertiary/aromatic N) is 3. The molecule has 4 rings (SSSR count). The molecule has 7 heteroatoms. The zero-order valence-electron chi connectivity index (χ0n) is 24.9. The first-order valence-electron chi connectivity index (χ1n) is 14.3. The average Bonchev–Trinajstić information content (AvgIpc) is 3.42. The third-order valence-electron chi connectivity index (χ3n) is 7.26. The van der Waals surface area contributed by atoms with Crippen LogP contribution in [-0.2, 0) is 24.4 Å². The standard InChI is InChI=1S/C34H41N3O2S.Na/c1-4-9-28(10-5-2)29-15-13-27(14-16-29)21-36(3)31-19-17-30(18-20-31)32-25-40-33(35-32)23-37(24-34(38)39)22-26-11-7-6-8-12-26;/h6-8,11-20,25,28H,4-5,9-10,21-24H2,1-3H3,(H,38,39);/q;+1/p-1. The van der Waals surface area contributed by atoms with Crippen molar-refractivity contribution in [2.45, 2.75) is 65.1 Å². The Hall–Kier alpha value is -2.48. The number of rotatable bonds is 15. The third-order valence-corrected chi connectivity index (χ3v) is 8.09. The fraction of sp³-hybridized carbons (Fsp3) is 0.353. The number of carboxylic acids is 1. The Bertz CT molecular complexity index is 1320. The Kier molecular flexibility index (Phi) is 13.6. The van der Waals surface area contributed by atoms with Gasteiger partial charge in [0.1, 0.15) is 5.01 Å². The molecule has 0 radical (unpaired) electrons. The second-order valence-corrected chi connectivity index (χ2v) is 11.5. The van der Waals surface area contributed by atoms with Gasteiger partial charge in [-0.2, -0.15) is 0 Å². The smallest absolute Gasteiger partial charge is 0.549 e. The van der Waals surface area contributed by atoms with Crippen molar-refractivity contribution < 1.29 is 39.5 Å². The van der Waals surface area contributed by atoms with Crippen molar-refractivity contribution in [1.29, 1.82) is 0 Å². The normalized spacial score (nSPS) is 11.0. The summed E-state index contributed by atoms with van der Waals surface area (Å²) in [6, 6.07) is 27.5. The van der Waals surface area contributed by atoms with Crippen LogP contribution >= 0.6 is 11.3 Å². The Labute approximate surface area is 271 Å². The van der Waals surface area contributed by atoms with E-state index in [1.54, 1.807) is 11.3 Å². The van der Waals surface area contributed by atoms with Gasteiger partial charge in [-0.25, -0.2) is 4.98 Å². The van der Waals surface area contributed by atoms with Crippen molar-refractivity contribution in [2.75, 3.05) is 18.5 Å². The number of aliphatic carboxylic acids is 1. The van der Waals surface area contributed by atoms with Crippen LogP contribution in [0.1, 0.15) is 67.1 Å². The number of hydrogen-bond acceptors (Lipinski definition) is 6. The van der Waals surface area contributed by atoms with Crippen LogP contribution in [0.3, 0.4) is 0 Å². The van der Waals surface area contributed by atoms with Crippen LogP contribution in [0.15, 0.2) is 84.2 Å². The van der Waals surface area contributed by atoms with Crippen molar-refractivity contribution in [3.8, 4) is 11.3 Å². The first kappa shape index (κ1) is 33.0. The molecule has 0 saturated carbocycles. The molecule has 41 heavy (non-hydrogen) atoms. The number of hydrogen-bond donors (Lipinski definition) is 0. The number of carbonyl (C=O) groups is 1. The molecule has 0 fully saturated rings. The van der Waals surface area contributed by atoms with E-state index in [9.17, 15) is 9.90 Å². The van der Waals surface area contributed by atoms with Crippen LogP contribution in [0, 0.1) is 0 Å². The van der Waals surface area contributed by atoms with E-state index in [-0.39, 0.29) is 36.1 Å². The van der Waals surface area contributed by atoms with E-state index in [0.717, 1.165) is 34.1 Å². The van der Waals surface area contributed by atoms with Gasteiger partial charge in [0, 0.05) is 43.3 Å². The molecule has 0 atom stereocenters. The molecule has 0 spiro atoms. The molecule has 1 heterocycles. The van der Waals surface area contributed by atoms with Gasteiger partial charge in [-0.05, 0) is 47.6 Å². The Morgan fingerprint density at radius 1 is 0.854 bits per heavy atom. The van der Waals surface area contributed by atoms with Gasteiger partial charge in [0.15, 0.2) is 0 Å². The molecule has 4 aromatic rings. The number of carboxylic acid groups (broad SMARTS) is 1. The summed E-state index contributed by atoms with van der Waals surface area (Å²) in [6.45, 7) is 6.25. The van der Waals surface area contributed by atoms with Crippen molar-refractivity contribution in [3.05, 3.63) is 106 Å². The van der Waals surface area contributed by atoms with Crippen LogP contribution in [0.5, 0.6) is 0 Å². The molecule has 210 valence electrons. The van der Waals surface area contributed by atoms with Crippen LogP contribution in [0.4, 0.5) is 5.69 Å². The SMILES string of the molecule is CCCC(CCC)c1ccc(CN(C)c2ccc(-c3csc(CN(CC(=O)[O-])Cc4ccccc4)n3)cc2)cc1.[Na+]. The fourth-order valence-electron chi connectivity index (χ4n) is 5.22. The van der Waals surface area contributed by atoms with Gasteiger partial charge in [0.2, 0.25) is 0 Å². The minimum Gasteiger partial charge on any atom is -0.549 e. The molecule has 0 bridgehead atoms. The zero-order valence-corrected chi connectivity index (χ0v) is 27.7. The molecule has 0 aliphatic rings. The summed E-state index contributed by atoms with van der Waals surface area (Å²) in [5.74, 6) is -0.415. The largest absolute Gasteiger partial charge is 1.00 e. The van der Waals surface area contributed by atoms with Gasteiger partial charge in [0.05, 0.1) is 18.2 Å². The number of thiazole rings is 1. The van der Waals surface area contributed by atoms with Gasteiger partial charge in [0.25, 0.3) is 0 Å². The number of anilines is 1. The Balaban J connectivity index is 0.00000462. The maximum atomic E-state index is 11.3.